The molecule has 0 bridgehead atoms. The number of nitrogens with zero attached hydrogens (tertiary/aromatic N) is 5. The molecule has 0 fully saturated rings. The molecular weight excluding hydrogens is 447 g/mol. The minimum absolute atomic E-state index is 0.00992. The summed E-state index contributed by atoms with van der Waals surface area (Å²) in [5.41, 5.74) is 3.13. The molecule has 32 heavy (non-hydrogen) atoms. The SMILES string of the molecule is CC(NC(=O)c1ccncc1-n1cnnn1)C(Cc1ccc(Cl)cc1)c1ccc(Cl)cc1. The molecule has 2 unspecified atom stereocenters. The predicted molar refractivity (Wildman–Crippen MR) is 123 cm³/mol. The zero-order valence-electron chi connectivity index (χ0n) is 17.2. The second kappa shape index (κ2) is 9.89. The number of rotatable bonds is 7. The summed E-state index contributed by atoms with van der Waals surface area (Å²) in [6, 6.07) is 16.9. The van der Waals surface area contributed by atoms with Crippen molar-refractivity contribution in [3.8, 4) is 5.69 Å². The van der Waals surface area contributed by atoms with Crippen LogP contribution < -0.4 is 5.32 Å². The second-order valence-electron chi connectivity index (χ2n) is 7.40. The van der Waals surface area contributed by atoms with Crippen molar-refractivity contribution in [1.29, 1.82) is 0 Å². The van der Waals surface area contributed by atoms with Gasteiger partial charge in [-0.2, -0.15) is 4.68 Å². The third-order valence-electron chi connectivity index (χ3n) is 5.27. The minimum Gasteiger partial charge on any atom is -0.349 e. The van der Waals surface area contributed by atoms with Crippen LogP contribution in [0, 0.1) is 0 Å². The maximum Gasteiger partial charge on any atom is 0.253 e. The van der Waals surface area contributed by atoms with Gasteiger partial charge in [0.05, 0.1) is 17.4 Å². The summed E-state index contributed by atoms with van der Waals surface area (Å²) < 4.78 is 1.41. The lowest BCUT2D eigenvalue weighted by molar-refractivity contribution is 0.0934. The monoisotopic (exact) mass is 466 g/mol. The summed E-state index contributed by atoms with van der Waals surface area (Å²) in [5, 5.41) is 15.6. The standard InChI is InChI=1S/C23H20Cl2N6O/c1-15(28-23(32)20-10-11-26-13-22(20)31-14-27-29-30-31)21(17-4-8-19(25)9-5-17)12-16-2-6-18(24)7-3-16/h2-11,13-15,21H,12H2,1H3,(H,28,32). The zero-order valence-corrected chi connectivity index (χ0v) is 18.7. The average Bonchev–Trinajstić information content (AvgIpc) is 3.34. The van der Waals surface area contributed by atoms with E-state index in [0.717, 1.165) is 17.5 Å². The molecule has 4 rings (SSSR count). The third-order valence-corrected chi connectivity index (χ3v) is 5.77. The van der Waals surface area contributed by atoms with Crippen molar-refractivity contribution >= 4 is 29.1 Å². The highest BCUT2D eigenvalue weighted by atomic mass is 35.5. The van der Waals surface area contributed by atoms with Crippen molar-refractivity contribution in [2.24, 2.45) is 0 Å². The second-order valence-corrected chi connectivity index (χ2v) is 8.27. The van der Waals surface area contributed by atoms with E-state index in [1.165, 1.54) is 11.0 Å². The molecule has 1 N–H and O–H groups in total. The highest BCUT2D eigenvalue weighted by molar-refractivity contribution is 6.30. The van der Waals surface area contributed by atoms with Crippen LogP contribution in [0.4, 0.5) is 0 Å². The molecule has 9 heteroatoms. The van der Waals surface area contributed by atoms with Gasteiger partial charge in [-0.1, -0.05) is 47.5 Å². The van der Waals surface area contributed by atoms with E-state index in [1.54, 1.807) is 18.5 Å². The molecule has 4 aromatic rings. The Hall–Kier alpha value is -3.29. The molecular formula is C23H20Cl2N6O. The van der Waals surface area contributed by atoms with Crippen LogP contribution in [-0.4, -0.2) is 37.1 Å². The summed E-state index contributed by atoms with van der Waals surface area (Å²) in [4.78, 5) is 17.3. The van der Waals surface area contributed by atoms with Crippen molar-refractivity contribution < 1.29 is 4.79 Å². The quantitative estimate of drug-likeness (QED) is 0.432. The van der Waals surface area contributed by atoms with Gasteiger partial charge in [0.1, 0.15) is 6.33 Å². The summed E-state index contributed by atoms with van der Waals surface area (Å²) in [6.45, 7) is 1.99. The Kier molecular flexibility index (Phi) is 6.78. The maximum absolute atomic E-state index is 13.2. The third kappa shape index (κ3) is 5.12. The van der Waals surface area contributed by atoms with E-state index < -0.39 is 0 Å². The Bertz CT molecular complexity index is 1180. The summed E-state index contributed by atoms with van der Waals surface area (Å²) in [7, 11) is 0. The lowest BCUT2D eigenvalue weighted by atomic mass is 9.86. The van der Waals surface area contributed by atoms with Crippen LogP contribution in [0.25, 0.3) is 5.69 Å². The van der Waals surface area contributed by atoms with Crippen LogP contribution >= 0.6 is 23.2 Å². The first-order chi connectivity index (χ1) is 15.5. The molecule has 0 saturated heterocycles. The molecule has 0 aliphatic carbocycles. The molecule has 2 heterocycles. The fourth-order valence-electron chi connectivity index (χ4n) is 3.59. The molecule has 2 aromatic carbocycles. The molecule has 2 aromatic heterocycles. The fourth-order valence-corrected chi connectivity index (χ4v) is 3.84. The van der Waals surface area contributed by atoms with Crippen molar-refractivity contribution in [1.82, 2.24) is 30.5 Å². The van der Waals surface area contributed by atoms with Gasteiger partial charge >= 0.3 is 0 Å². The minimum atomic E-state index is -0.236. The predicted octanol–water partition coefficient (Wildman–Crippen LogP) is 4.51. The van der Waals surface area contributed by atoms with E-state index in [4.69, 9.17) is 23.2 Å². The van der Waals surface area contributed by atoms with Crippen LogP contribution in [0.1, 0.15) is 34.3 Å². The summed E-state index contributed by atoms with van der Waals surface area (Å²) in [5.74, 6) is -0.226. The molecule has 0 saturated carbocycles. The Morgan fingerprint density at radius 1 is 1.03 bits per heavy atom. The number of amides is 1. The van der Waals surface area contributed by atoms with E-state index in [0.29, 0.717) is 21.3 Å². The number of tetrazole rings is 1. The van der Waals surface area contributed by atoms with E-state index in [2.05, 4.69) is 25.8 Å². The smallest absolute Gasteiger partial charge is 0.253 e. The average molecular weight is 467 g/mol. The molecule has 0 aliphatic rings. The number of nitrogens with one attached hydrogen (secondary N) is 1. The van der Waals surface area contributed by atoms with Crippen molar-refractivity contribution in [3.05, 3.63) is 100 Å². The van der Waals surface area contributed by atoms with Crippen molar-refractivity contribution in [2.45, 2.75) is 25.3 Å². The molecule has 0 radical (unpaired) electrons. The van der Waals surface area contributed by atoms with Gasteiger partial charge in [0.2, 0.25) is 0 Å². The van der Waals surface area contributed by atoms with Gasteiger partial charge in [-0.15, -0.1) is 5.10 Å². The van der Waals surface area contributed by atoms with Crippen molar-refractivity contribution in [3.63, 3.8) is 0 Å². The number of pyridine rings is 1. The molecule has 1 amide bonds. The van der Waals surface area contributed by atoms with Gasteiger partial charge in [0, 0.05) is 28.2 Å². The summed E-state index contributed by atoms with van der Waals surface area (Å²) in [6.07, 6.45) is 5.27. The lowest BCUT2D eigenvalue weighted by Crippen LogP contribution is -2.38. The zero-order chi connectivity index (χ0) is 22.5. The van der Waals surface area contributed by atoms with Gasteiger partial charge in [-0.05, 0) is 65.2 Å². The first-order valence-electron chi connectivity index (χ1n) is 9.99. The number of carbonyl (C=O) groups excluding carboxylic acids is 1. The van der Waals surface area contributed by atoms with Gasteiger partial charge in [-0.3, -0.25) is 9.78 Å². The fraction of sp³-hybridized carbons (Fsp3) is 0.174. The maximum atomic E-state index is 13.2. The van der Waals surface area contributed by atoms with E-state index in [1.807, 2.05) is 55.5 Å². The molecule has 162 valence electrons. The molecule has 0 spiro atoms. The Morgan fingerprint density at radius 3 is 2.38 bits per heavy atom. The van der Waals surface area contributed by atoms with Crippen LogP contribution in [0.15, 0.2) is 73.3 Å². The summed E-state index contributed by atoms with van der Waals surface area (Å²) >= 11 is 12.1. The number of aromatic nitrogens is 5. The van der Waals surface area contributed by atoms with Gasteiger partial charge < -0.3 is 5.32 Å². The van der Waals surface area contributed by atoms with E-state index in [9.17, 15) is 4.79 Å². The normalized spacial score (nSPS) is 12.8. The van der Waals surface area contributed by atoms with Gasteiger partial charge in [0.25, 0.3) is 5.91 Å². The lowest BCUT2D eigenvalue weighted by Gasteiger charge is -2.26. The van der Waals surface area contributed by atoms with Gasteiger partial charge in [0.15, 0.2) is 0 Å². The number of benzene rings is 2. The first kappa shape index (κ1) is 21.9. The molecule has 2 atom stereocenters. The number of hydrogen-bond acceptors (Lipinski definition) is 5. The Morgan fingerprint density at radius 2 is 1.72 bits per heavy atom. The van der Waals surface area contributed by atoms with Crippen molar-refractivity contribution in [2.75, 3.05) is 0 Å². The van der Waals surface area contributed by atoms with E-state index >= 15 is 0 Å². The van der Waals surface area contributed by atoms with Crippen LogP contribution in [0.3, 0.4) is 0 Å². The molecule has 7 nitrogen and oxygen atoms in total. The highest BCUT2D eigenvalue weighted by Gasteiger charge is 2.24. The van der Waals surface area contributed by atoms with Gasteiger partial charge in [-0.25, -0.2) is 0 Å². The number of carbonyl (C=O) groups is 1. The van der Waals surface area contributed by atoms with Crippen LogP contribution in [0.2, 0.25) is 10.0 Å². The van der Waals surface area contributed by atoms with Crippen LogP contribution in [-0.2, 0) is 6.42 Å². The Labute approximate surface area is 195 Å². The number of hydrogen-bond donors (Lipinski definition) is 1. The topological polar surface area (TPSA) is 85.6 Å². The van der Waals surface area contributed by atoms with E-state index in [-0.39, 0.29) is 17.9 Å². The van der Waals surface area contributed by atoms with Crippen LogP contribution in [0.5, 0.6) is 0 Å². The number of halogens is 2. The Balaban J connectivity index is 1.60. The highest BCUT2D eigenvalue weighted by Crippen LogP contribution is 2.27. The molecule has 0 aliphatic heterocycles. The first-order valence-corrected chi connectivity index (χ1v) is 10.7. The largest absolute Gasteiger partial charge is 0.349 e.